The molecule has 0 heterocycles. The molecule has 1 aromatic carbocycles. The second-order valence-electron chi connectivity index (χ2n) is 4.40. The zero-order chi connectivity index (χ0) is 14.1. The van der Waals surface area contributed by atoms with Gasteiger partial charge in [0.1, 0.15) is 0 Å². The molecule has 19 heavy (non-hydrogen) atoms. The maximum Gasteiger partial charge on any atom is 0.251 e. The number of carbonyl (C=O) groups is 1. The Morgan fingerprint density at radius 2 is 2.05 bits per heavy atom. The SMILES string of the molecule is CSCCCCCCNC(=O)c1ccc(N)c(Cl)c1. The molecule has 0 aliphatic carbocycles. The summed E-state index contributed by atoms with van der Waals surface area (Å²) in [6, 6.07) is 4.94. The van der Waals surface area contributed by atoms with E-state index in [0.717, 1.165) is 12.8 Å². The minimum atomic E-state index is -0.0917. The average molecular weight is 301 g/mol. The van der Waals surface area contributed by atoms with E-state index in [0.29, 0.717) is 22.8 Å². The Morgan fingerprint density at radius 1 is 1.32 bits per heavy atom. The highest BCUT2D eigenvalue weighted by molar-refractivity contribution is 7.98. The molecule has 0 unspecified atom stereocenters. The number of thioether (sulfide) groups is 1. The summed E-state index contributed by atoms with van der Waals surface area (Å²) < 4.78 is 0. The summed E-state index contributed by atoms with van der Waals surface area (Å²) in [5.74, 6) is 1.13. The summed E-state index contributed by atoms with van der Waals surface area (Å²) in [6.45, 7) is 0.708. The Bertz CT molecular complexity index is 412. The topological polar surface area (TPSA) is 55.1 Å². The van der Waals surface area contributed by atoms with Crippen LogP contribution in [0.5, 0.6) is 0 Å². The Morgan fingerprint density at radius 3 is 2.74 bits per heavy atom. The third-order valence-electron chi connectivity index (χ3n) is 2.82. The first-order valence-corrected chi connectivity index (χ1v) is 8.24. The lowest BCUT2D eigenvalue weighted by molar-refractivity contribution is 0.0953. The fourth-order valence-corrected chi connectivity index (χ4v) is 2.37. The molecule has 1 amide bonds. The van der Waals surface area contributed by atoms with Gasteiger partial charge in [0.15, 0.2) is 0 Å². The number of rotatable bonds is 8. The molecule has 0 bridgehead atoms. The highest BCUT2D eigenvalue weighted by Crippen LogP contribution is 2.19. The van der Waals surface area contributed by atoms with Gasteiger partial charge in [-0.1, -0.05) is 24.4 Å². The van der Waals surface area contributed by atoms with E-state index in [9.17, 15) is 4.79 Å². The van der Waals surface area contributed by atoms with Crippen LogP contribution in [0, 0.1) is 0 Å². The Hall–Kier alpha value is -0.870. The molecular weight excluding hydrogens is 280 g/mol. The Balaban J connectivity index is 2.22. The third kappa shape index (κ3) is 6.21. The van der Waals surface area contributed by atoms with Gasteiger partial charge in [-0.3, -0.25) is 4.79 Å². The lowest BCUT2D eigenvalue weighted by Crippen LogP contribution is -2.24. The molecule has 0 aromatic heterocycles. The van der Waals surface area contributed by atoms with Gasteiger partial charge in [0.2, 0.25) is 0 Å². The van der Waals surface area contributed by atoms with E-state index >= 15 is 0 Å². The maximum atomic E-state index is 11.8. The molecule has 1 rings (SSSR count). The van der Waals surface area contributed by atoms with Crippen molar-refractivity contribution in [2.75, 3.05) is 24.3 Å². The van der Waals surface area contributed by atoms with Crippen LogP contribution in [0.4, 0.5) is 5.69 Å². The van der Waals surface area contributed by atoms with Crippen LogP contribution in [0.1, 0.15) is 36.0 Å². The molecule has 0 saturated carbocycles. The molecule has 3 N–H and O–H groups in total. The van der Waals surface area contributed by atoms with Gasteiger partial charge >= 0.3 is 0 Å². The van der Waals surface area contributed by atoms with Crippen molar-refractivity contribution in [3.05, 3.63) is 28.8 Å². The van der Waals surface area contributed by atoms with E-state index in [-0.39, 0.29) is 5.91 Å². The molecule has 0 spiro atoms. The molecule has 106 valence electrons. The molecule has 0 aliphatic heterocycles. The number of nitrogen functional groups attached to an aromatic ring is 1. The van der Waals surface area contributed by atoms with Crippen LogP contribution >= 0.6 is 23.4 Å². The van der Waals surface area contributed by atoms with Gasteiger partial charge in [0.05, 0.1) is 10.7 Å². The second-order valence-corrected chi connectivity index (χ2v) is 5.79. The van der Waals surface area contributed by atoms with Crippen LogP contribution in [0.2, 0.25) is 5.02 Å². The second kappa shape index (κ2) is 9.10. The number of halogens is 1. The number of nitrogens with two attached hydrogens (primary N) is 1. The van der Waals surface area contributed by atoms with Crippen LogP contribution in [-0.4, -0.2) is 24.5 Å². The Labute approximate surface area is 124 Å². The van der Waals surface area contributed by atoms with E-state index < -0.39 is 0 Å². The summed E-state index contributed by atoms with van der Waals surface area (Å²) in [7, 11) is 0. The van der Waals surface area contributed by atoms with Crippen LogP contribution in [0.15, 0.2) is 18.2 Å². The molecule has 0 fully saturated rings. The van der Waals surface area contributed by atoms with Gasteiger partial charge in [0.25, 0.3) is 5.91 Å². The van der Waals surface area contributed by atoms with Crippen molar-refractivity contribution in [2.45, 2.75) is 25.7 Å². The van der Waals surface area contributed by atoms with Crippen LogP contribution in [-0.2, 0) is 0 Å². The monoisotopic (exact) mass is 300 g/mol. The average Bonchev–Trinajstić information content (AvgIpc) is 2.40. The first kappa shape index (κ1) is 16.2. The number of amides is 1. The summed E-state index contributed by atoms with van der Waals surface area (Å²) in [4.78, 5) is 11.8. The predicted octanol–water partition coefficient (Wildman–Crippen LogP) is 3.58. The zero-order valence-corrected chi connectivity index (χ0v) is 12.8. The fourth-order valence-electron chi connectivity index (χ4n) is 1.70. The van der Waals surface area contributed by atoms with Gasteiger partial charge in [-0.25, -0.2) is 0 Å². The van der Waals surface area contributed by atoms with E-state index in [2.05, 4.69) is 11.6 Å². The van der Waals surface area contributed by atoms with Crippen molar-refractivity contribution in [1.29, 1.82) is 0 Å². The van der Waals surface area contributed by atoms with E-state index in [4.69, 9.17) is 17.3 Å². The molecule has 0 atom stereocenters. The van der Waals surface area contributed by atoms with Crippen molar-refractivity contribution in [2.24, 2.45) is 0 Å². The summed E-state index contributed by atoms with van der Waals surface area (Å²) in [6.07, 6.45) is 6.78. The minimum Gasteiger partial charge on any atom is -0.398 e. The minimum absolute atomic E-state index is 0.0917. The standard InChI is InChI=1S/C14H21ClN2OS/c1-19-9-5-3-2-4-8-17-14(18)11-6-7-13(16)12(15)10-11/h6-7,10H,2-5,8-9,16H2,1H3,(H,17,18). The van der Waals surface area contributed by atoms with Crippen molar-refractivity contribution < 1.29 is 4.79 Å². The summed E-state index contributed by atoms with van der Waals surface area (Å²) in [5.41, 5.74) is 6.65. The van der Waals surface area contributed by atoms with Gasteiger partial charge in [0, 0.05) is 12.1 Å². The van der Waals surface area contributed by atoms with Gasteiger partial charge in [-0.15, -0.1) is 0 Å². The highest BCUT2D eigenvalue weighted by atomic mass is 35.5. The van der Waals surface area contributed by atoms with E-state index in [1.807, 2.05) is 11.8 Å². The summed E-state index contributed by atoms with van der Waals surface area (Å²) in [5, 5.41) is 3.31. The molecule has 0 radical (unpaired) electrons. The number of unbranched alkanes of at least 4 members (excludes halogenated alkanes) is 3. The Kier molecular flexibility index (Phi) is 7.75. The number of hydrogen-bond donors (Lipinski definition) is 2. The first-order chi connectivity index (χ1) is 9.15. The lowest BCUT2D eigenvalue weighted by atomic mass is 10.2. The zero-order valence-electron chi connectivity index (χ0n) is 11.2. The number of anilines is 1. The quantitative estimate of drug-likeness (QED) is 0.570. The third-order valence-corrected chi connectivity index (χ3v) is 3.85. The normalized spacial score (nSPS) is 10.4. The fraction of sp³-hybridized carbons (Fsp3) is 0.500. The molecule has 0 aliphatic rings. The van der Waals surface area contributed by atoms with Crippen molar-refractivity contribution in [3.8, 4) is 0 Å². The van der Waals surface area contributed by atoms with Crippen molar-refractivity contribution in [1.82, 2.24) is 5.32 Å². The smallest absolute Gasteiger partial charge is 0.251 e. The largest absolute Gasteiger partial charge is 0.398 e. The molecule has 1 aromatic rings. The molecule has 0 saturated heterocycles. The van der Waals surface area contributed by atoms with E-state index in [1.165, 1.54) is 18.6 Å². The van der Waals surface area contributed by atoms with Crippen LogP contribution in [0.25, 0.3) is 0 Å². The van der Waals surface area contributed by atoms with Crippen molar-refractivity contribution in [3.63, 3.8) is 0 Å². The molecule has 3 nitrogen and oxygen atoms in total. The van der Waals surface area contributed by atoms with Crippen LogP contribution < -0.4 is 11.1 Å². The van der Waals surface area contributed by atoms with Gasteiger partial charge in [-0.05, 0) is 43.0 Å². The number of carbonyl (C=O) groups excluding carboxylic acids is 1. The number of benzene rings is 1. The first-order valence-electron chi connectivity index (χ1n) is 6.47. The number of nitrogens with one attached hydrogen (secondary N) is 1. The lowest BCUT2D eigenvalue weighted by Gasteiger charge is -2.06. The predicted molar refractivity (Wildman–Crippen MR) is 85.0 cm³/mol. The van der Waals surface area contributed by atoms with Crippen molar-refractivity contribution >= 4 is 35.0 Å². The highest BCUT2D eigenvalue weighted by Gasteiger charge is 2.06. The van der Waals surface area contributed by atoms with Crippen LogP contribution in [0.3, 0.4) is 0 Å². The molecular formula is C14H21ClN2OS. The summed E-state index contributed by atoms with van der Waals surface area (Å²) >= 11 is 7.76. The van der Waals surface area contributed by atoms with Gasteiger partial charge < -0.3 is 11.1 Å². The molecule has 5 heteroatoms. The number of hydrogen-bond acceptors (Lipinski definition) is 3. The maximum absolute atomic E-state index is 11.8. The van der Waals surface area contributed by atoms with Gasteiger partial charge in [-0.2, -0.15) is 11.8 Å². The van der Waals surface area contributed by atoms with E-state index in [1.54, 1.807) is 18.2 Å².